The summed E-state index contributed by atoms with van der Waals surface area (Å²) in [4.78, 5) is 18.3. The molecule has 1 N–H and O–H groups in total. The summed E-state index contributed by atoms with van der Waals surface area (Å²) in [6.45, 7) is 10.4. The molecule has 2 fully saturated rings. The standard InChI is InChI=1S/C27H36FN3O2/c1-21-4-3-5-25(20-21)31-16-14-30(15-17-31)13-10-22(2)29-26(32)27(11-18-33-19-12-27)23-6-8-24(28)9-7-23/h3-9,20,22H,10-19H2,1-2H3,(H,29,32). The molecule has 2 aliphatic heterocycles. The summed E-state index contributed by atoms with van der Waals surface area (Å²) in [6, 6.07) is 15.2. The first-order valence-electron chi connectivity index (χ1n) is 12.1. The van der Waals surface area contributed by atoms with Crippen molar-refractivity contribution in [2.45, 2.75) is 44.6 Å². The van der Waals surface area contributed by atoms with Gasteiger partial charge >= 0.3 is 0 Å². The molecular weight excluding hydrogens is 417 g/mol. The number of nitrogens with one attached hydrogen (secondary N) is 1. The molecule has 0 saturated carbocycles. The van der Waals surface area contributed by atoms with Crippen molar-refractivity contribution in [1.82, 2.24) is 10.2 Å². The Balaban J connectivity index is 1.28. The van der Waals surface area contributed by atoms with Gasteiger partial charge in [0.2, 0.25) is 5.91 Å². The van der Waals surface area contributed by atoms with Gasteiger partial charge in [-0.3, -0.25) is 9.69 Å². The van der Waals surface area contributed by atoms with E-state index in [0.717, 1.165) is 44.7 Å². The zero-order valence-electron chi connectivity index (χ0n) is 19.9. The van der Waals surface area contributed by atoms with Crippen LogP contribution in [-0.4, -0.2) is 62.8 Å². The molecular formula is C27H36FN3O2. The van der Waals surface area contributed by atoms with Crippen LogP contribution in [0.5, 0.6) is 0 Å². The molecule has 1 unspecified atom stereocenters. The van der Waals surface area contributed by atoms with Crippen molar-refractivity contribution in [2.75, 3.05) is 50.8 Å². The Bertz CT molecular complexity index is 919. The maximum absolute atomic E-state index is 13.5. The molecule has 5 nitrogen and oxygen atoms in total. The van der Waals surface area contributed by atoms with Crippen molar-refractivity contribution in [3.63, 3.8) is 0 Å². The zero-order chi connectivity index (χ0) is 23.3. The second-order valence-electron chi connectivity index (χ2n) is 9.53. The van der Waals surface area contributed by atoms with E-state index in [9.17, 15) is 9.18 Å². The van der Waals surface area contributed by atoms with Gasteiger partial charge in [0, 0.05) is 57.7 Å². The van der Waals surface area contributed by atoms with Crippen molar-refractivity contribution in [1.29, 1.82) is 0 Å². The number of aryl methyl sites for hydroxylation is 1. The minimum atomic E-state index is -0.639. The van der Waals surface area contributed by atoms with Gasteiger partial charge in [0.15, 0.2) is 0 Å². The lowest BCUT2D eigenvalue weighted by Gasteiger charge is -2.38. The number of ether oxygens (including phenoxy) is 1. The fourth-order valence-electron chi connectivity index (χ4n) is 5.00. The lowest BCUT2D eigenvalue weighted by atomic mass is 9.73. The van der Waals surface area contributed by atoms with E-state index in [4.69, 9.17) is 4.74 Å². The van der Waals surface area contributed by atoms with Crippen LogP contribution in [0.2, 0.25) is 0 Å². The number of hydrogen-bond donors (Lipinski definition) is 1. The van der Waals surface area contributed by atoms with Gasteiger partial charge in [-0.1, -0.05) is 24.3 Å². The Morgan fingerprint density at radius 1 is 1.09 bits per heavy atom. The Labute approximate surface area is 196 Å². The van der Waals surface area contributed by atoms with E-state index in [1.165, 1.54) is 23.4 Å². The molecule has 178 valence electrons. The lowest BCUT2D eigenvalue weighted by molar-refractivity contribution is -0.131. The van der Waals surface area contributed by atoms with Gasteiger partial charge in [0.1, 0.15) is 5.82 Å². The van der Waals surface area contributed by atoms with Gasteiger partial charge in [-0.25, -0.2) is 4.39 Å². The molecule has 4 rings (SSSR count). The highest BCUT2D eigenvalue weighted by molar-refractivity contribution is 5.88. The third kappa shape index (κ3) is 5.74. The highest BCUT2D eigenvalue weighted by Crippen LogP contribution is 2.35. The molecule has 2 aromatic rings. The quantitative estimate of drug-likeness (QED) is 0.691. The number of hydrogen-bond acceptors (Lipinski definition) is 4. The molecule has 1 atom stereocenters. The van der Waals surface area contributed by atoms with Crippen LogP contribution in [0.15, 0.2) is 48.5 Å². The van der Waals surface area contributed by atoms with Crippen molar-refractivity contribution in [3.05, 3.63) is 65.5 Å². The van der Waals surface area contributed by atoms with Crippen LogP contribution in [-0.2, 0) is 14.9 Å². The molecule has 0 radical (unpaired) electrons. The number of piperazine rings is 1. The number of anilines is 1. The highest BCUT2D eigenvalue weighted by Gasteiger charge is 2.42. The molecule has 0 bridgehead atoms. The summed E-state index contributed by atoms with van der Waals surface area (Å²) in [5.41, 5.74) is 2.84. The Hall–Kier alpha value is -2.44. The van der Waals surface area contributed by atoms with E-state index in [-0.39, 0.29) is 17.8 Å². The number of carbonyl (C=O) groups excluding carboxylic acids is 1. The monoisotopic (exact) mass is 453 g/mol. The summed E-state index contributed by atoms with van der Waals surface area (Å²) in [7, 11) is 0. The van der Waals surface area contributed by atoms with E-state index in [2.05, 4.69) is 53.2 Å². The van der Waals surface area contributed by atoms with Gasteiger partial charge < -0.3 is 15.0 Å². The molecule has 0 aromatic heterocycles. The Morgan fingerprint density at radius 3 is 2.45 bits per heavy atom. The summed E-state index contributed by atoms with van der Waals surface area (Å²) in [5, 5.41) is 3.26. The van der Waals surface area contributed by atoms with Crippen molar-refractivity contribution < 1.29 is 13.9 Å². The van der Waals surface area contributed by atoms with Crippen LogP contribution >= 0.6 is 0 Å². The molecule has 0 aliphatic carbocycles. The van der Waals surface area contributed by atoms with E-state index < -0.39 is 5.41 Å². The molecule has 2 aliphatic rings. The first-order chi connectivity index (χ1) is 16.0. The highest BCUT2D eigenvalue weighted by atomic mass is 19.1. The van der Waals surface area contributed by atoms with Gasteiger partial charge in [0.05, 0.1) is 5.41 Å². The number of carbonyl (C=O) groups is 1. The normalized spacial score (nSPS) is 19.8. The molecule has 6 heteroatoms. The van der Waals surface area contributed by atoms with Crippen LogP contribution in [0.25, 0.3) is 0 Å². The van der Waals surface area contributed by atoms with Crippen molar-refractivity contribution >= 4 is 11.6 Å². The van der Waals surface area contributed by atoms with Gasteiger partial charge in [-0.2, -0.15) is 0 Å². The van der Waals surface area contributed by atoms with Gasteiger partial charge in [-0.15, -0.1) is 0 Å². The minimum Gasteiger partial charge on any atom is -0.381 e. The topological polar surface area (TPSA) is 44.8 Å². The van der Waals surface area contributed by atoms with Crippen molar-refractivity contribution in [2.24, 2.45) is 0 Å². The van der Waals surface area contributed by atoms with E-state index in [1.54, 1.807) is 12.1 Å². The van der Waals surface area contributed by atoms with Gasteiger partial charge in [0.25, 0.3) is 0 Å². The average molecular weight is 454 g/mol. The van der Waals surface area contributed by atoms with E-state index in [0.29, 0.717) is 26.1 Å². The molecule has 2 aromatic carbocycles. The Kier molecular flexibility index (Phi) is 7.66. The largest absolute Gasteiger partial charge is 0.381 e. The number of nitrogens with zero attached hydrogens (tertiary/aromatic N) is 2. The second-order valence-corrected chi connectivity index (χ2v) is 9.53. The number of rotatable bonds is 7. The number of benzene rings is 2. The average Bonchev–Trinajstić information content (AvgIpc) is 2.84. The first kappa shape index (κ1) is 23.7. The number of amides is 1. The summed E-state index contributed by atoms with van der Waals surface area (Å²) in [6.07, 6.45) is 2.16. The fourth-order valence-corrected chi connectivity index (χ4v) is 5.00. The first-order valence-corrected chi connectivity index (χ1v) is 12.1. The third-order valence-corrected chi connectivity index (χ3v) is 7.17. The second kappa shape index (κ2) is 10.7. The van der Waals surface area contributed by atoms with Crippen LogP contribution < -0.4 is 10.2 Å². The molecule has 2 heterocycles. The van der Waals surface area contributed by atoms with Crippen LogP contribution in [0, 0.1) is 12.7 Å². The summed E-state index contributed by atoms with van der Waals surface area (Å²) >= 11 is 0. The maximum atomic E-state index is 13.5. The SMILES string of the molecule is Cc1cccc(N2CCN(CCC(C)NC(=O)C3(c4ccc(F)cc4)CCOCC3)CC2)c1. The molecule has 33 heavy (non-hydrogen) atoms. The fraction of sp³-hybridized carbons (Fsp3) is 0.519. The third-order valence-electron chi connectivity index (χ3n) is 7.17. The predicted octanol–water partition coefficient (Wildman–Crippen LogP) is 3.90. The zero-order valence-corrected chi connectivity index (χ0v) is 19.9. The summed E-state index contributed by atoms with van der Waals surface area (Å²) < 4.78 is 19.0. The molecule has 1 amide bonds. The molecule has 2 saturated heterocycles. The Morgan fingerprint density at radius 2 is 1.79 bits per heavy atom. The minimum absolute atomic E-state index is 0.0363. The predicted molar refractivity (Wildman–Crippen MR) is 130 cm³/mol. The smallest absolute Gasteiger partial charge is 0.231 e. The molecule has 0 spiro atoms. The van der Waals surface area contributed by atoms with Crippen molar-refractivity contribution in [3.8, 4) is 0 Å². The van der Waals surface area contributed by atoms with E-state index >= 15 is 0 Å². The maximum Gasteiger partial charge on any atom is 0.231 e. The number of halogens is 1. The lowest BCUT2D eigenvalue weighted by Crippen LogP contribution is -2.51. The summed E-state index contributed by atoms with van der Waals surface area (Å²) in [5.74, 6) is -0.244. The van der Waals surface area contributed by atoms with Crippen LogP contribution in [0.1, 0.15) is 37.3 Å². The van der Waals surface area contributed by atoms with Crippen LogP contribution in [0.3, 0.4) is 0 Å². The van der Waals surface area contributed by atoms with Crippen LogP contribution in [0.4, 0.5) is 10.1 Å². The van der Waals surface area contributed by atoms with Gasteiger partial charge in [-0.05, 0) is 68.5 Å². The van der Waals surface area contributed by atoms with E-state index in [1.807, 2.05) is 0 Å².